The lowest BCUT2D eigenvalue weighted by Gasteiger charge is -2.12. The Kier molecular flexibility index (Phi) is 5.81. The molecule has 6 heteroatoms. The van der Waals surface area contributed by atoms with Crippen LogP contribution in [0.4, 0.5) is 0 Å². The van der Waals surface area contributed by atoms with Crippen LogP contribution in [0.1, 0.15) is 12.0 Å². The molecule has 104 valence electrons. The SMILES string of the molecule is CNC(=O)CCNC(=O)C(N)Cc1ccc(O)cc1. The fourth-order valence-corrected chi connectivity index (χ4v) is 1.53. The summed E-state index contributed by atoms with van der Waals surface area (Å²) in [6.07, 6.45) is 0.611. The second-order valence-corrected chi connectivity index (χ2v) is 4.19. The minimum absolute atomic E-state index is 0.132. The lowest BCUT2D eigenvalue weighted by molar-refractivity contribution is -0.123. The van der Waals surface area contributed by atoms with E-state index in [1.807, 2.05) is 0 Å². The van der Waals surface area contributed by atoms with Crippen LogP contribution >= 0.6 is 0 Å². The van der Waals surface area contributed by atoms with E-state index in [4.69, 9.17) is 10.8 Å². The molecular formula is C13H19N3O3. The van der Waals surface area contributed by atoms with Crippen molar-refractivity contribution in [3.63, 3.8) is 0 Å². The van der Waals surface area contributed by atoms with E-state index in [9.17, 15) is 9.59 Å². The highest BCUT2D eigenvalue weighted by Gasteiger charge is 2.13. The van der Waals surface area contributed by atoms with Crippen LogP contribution in [0.5, 0.6) is 5.75 Å². The number of rotatable bonds is 6. The van der Waals surface area contributed by atoms with Gasteiger partial charge in [-0.05, 0) is 24.1 Å². The van der Waals surface area contributed by atoms with Crippen LogP contribution in [0.2, 0.25) is 0 Å². The fraction of sp³-hybridized carbons (Fsp3) is 0.385. The van der Waals surface area contributed by atoms with E-state index in [0.717, 1.165) is 5.56 Å². The zero-order valence-corrected chi connectivity index (χ0v) is 10.8. The summed E-state index contributed by atoms with van der Waals surface area (Å²) in [4.78, 5) is 22.6. The Balaban J connectivity index is 2.36. The van der Waals surface area contributed by atoms with Crippen molar-refractivity contribution in [2.24, 2.45) is 5.73 Å². The zero-order chi connectivity index (χ0) is 14.3. The molecule has 0 radical (unpaired) electrons. The van der Waals surface area contributed by atoms with Crippen molar-refractivity contribution >= 4 is 11.8 Å². The van der Waals surface area contributed by atoms with Crippen molar-refractivity contribution in [3.05, 3.63) is 29.8 Å². The average Bonchev–Trinajstić information content (AvgIpc) is 2.40. The Hall–Kier alpha value is -2.08. The van der Waals surface area contributed by atoms with Crippen molar-refractivity contribution in [2.75, 3.05) is 13.6 Å². The standard InChI is InChI=1S/C13H19N3O3/c1-15-12(18)6-7-16-13(19)11(14)8-9-2-4-10(17)5-3-9/h2-5,11,17H,6-8,14H2,1H3,(H,15,18)(H,16,19). The predicted octanol–water partition coefficient (Wildman–Crippen LogP) is -0.486. The number of amides is 2. The van der Waals surface area contributed by atoms with Crippen LogP contribution < -0.4 is 16.4 Å². The molecule has 0 aromatic heterocycles. The number of phenolic OH excluding ortho intramolecular Hbond substituents is 1. The summed E-state index contributed by atoms with van der Waals surface area (Å²) in [5.74, 6) is -0.253. The van der Waals surface area contributed by atoms with Gasteiger partial charge in [0.05, 0.1) is 6.04 Å². The summed E-state index contributed by atoms with van der Waals surface area (Å²) in [6.45, 7) is 0.266. The van der Waals surface area contributed by atoms with E-state index in [1.165, 1.54) is 0 Å². The third-order valence-corrected chi connectivity index (χ3v) is 2.66. The third-order valence-electron chi connectivity index (χ3n) is 2.66. The van der Waals surface area contributed by atoms with Crippen LogP contribution in [-0.4, -0.2) is 36.6 Å². The molecule has 0 saturated heterocycles. The highest BCUT2D eigenvalue weighted by molar-refractivity contribution is 5.82. The van der Waals surface area contributed by atoms with Crippen molar-refractivity contribution in [3.8, 4) is 5.75 Å². The number of hydrogen-bond acceptors (Lipinski definition) is 4. The molecule has 6 nitrogen and oxygen atoms in total. The summed E-state index contributed by atoms with van der Waals surface area (Å²) in [7, 11) is 1.54. The normalized spacial score (nSPS) is 11.7. The molecule has 1 aromatic carbocycles. The molecule has 5 N–H and O–H groups in total. The van der Waals surface area contributed by atoms with E-state index < -0.39 is 6.04 Å². The number of phenols is 1. The lowest BCUT2D eigenvalue weighted by atomic mass is 10.1. The van der Waals surface area contributed by atoms with Gasteiger partial charge in [0.15, 0.2) is 0 Å². The van der Waals surface area contributed by atoms with Gasteiger partial charge in [-0.1, -0.05) is 12.1 Å². The smallest absolute Gasteiger partial charge is 0.237 e. The fourth-order valence-electron chi connectivity index (χ4n) is 1.53. The average molecular weight is 265 g/mol. The van der Waals surface area contributed by atoms with Gasteiger partial charge in [-0.2, -0.15) is 0 Å². The van der Waals surface area contributed by atoms with Gasteiger partial charge in [-0.3, -0.25) is 9.59 Å². The van der Waals surface area contributed by atoms with Crippen molar-refractivity contribution in [1.82, 2.24) is 10.6 Å². The van der Waals surface area contributed by atoms with Gasteiger partial charge in [0, 0.05) is 20.0 Å². The largest absolute Gasteiger partial charge is 0.508 e. The van der Waals surface area contributed by atoms with E-state index in [-0.39, 0.29) is 30.5 Å². The van der Waals surface area contributed by atoms with E-state index >= 15 is 0 Å². The van der Waals surface area contributed by atoms with Crippen molar-refractivity contribution < 1.29 is 14.7 Å². The molecule has 1 rings (SSSR count). The first-order valence-electron chi connectivity index (χ1n) is 6.04. The predicted molar refractivity (Wildman–Crippen MR) is 71.5 cm³/mol. The molecule has 0 aliphatic rings. The van der Waals surface area contributed by atoms with Gasteiger partial charge < -0.3 is 21.5 Å². The van der Waals surface area contributed by atoms with Gasteiger partial charge in [-0.15, -0.1) is 0 Å². The summed E-state index contributed by atoms with van der Waals surface area (Å²) < 4.78 is 0. The van der Waals surface area contributed by atoms with Crippen LogP contribution in [-0.2, 0) is 16.0 Å². The molecule has 0 saturated carbocycles. The van der Waals surface area contributed by atoms with Crippen LogP contribution in [0.25, 0.3) is 0 Å². The highest BCUT2D eigenvalue weighted by atomic mass is 16.3. The molecule has 2 amide bonds. The first kappa shape index (κ1) is 15.0. The molecule has 0 fully saturated rings. The Bertz CT molecular complexity index is 431. The van der Waals surface area contributed by atoms with Gasteiger partial charge in [-0.25, -0.2) is 0 Å². The summed E-state index contributed by atoms with van der Waals surface area (Å²) in [5, 5.41) is 14.2. The van der Waals surface area contributed by atoms with Crippen molar-refractivity contribution in [2.45, 2.75) is 18.9 Å². The molecule has 1 atom stereocenters. The maximum Gasteiger partial charge on any atom is 0.237 e. The first-order chi connectivity index (χ1) is 9.02. The van der Waals surface area contributed by atoms with Crippen LogP contribution in [0.3, 0.4) is 0 Å². The molecular weight excluding hydrogens is 246 g/mol. The van der Waals surface area contributed by atoms with Crippen LogP contribution in [0.15, 0.2) is 24.3 Å². The minimum Gasteiger partial charge on any atom is -0.508 e. The number of benzene rings is 1. The number of carbonyl (C=O) groups excluding carboxylic acids is 2. The van der Waals surface area contributed by atoms with Gasteiger partial charge in [0.1, 0.15) is 5.75 Å². The first-order valence-corrected chi connectivity index (χ1v) is 6.04. The lowest BCUT2D eigenvalue weighted by Crippen LogP contribution is -2.43. The molecule has 19 heavy (non-hydrogen) atoms. The Morgan fingerprint density at radius 2 is 1.95 bits per heavy atom. The van der Waals surface area contributed by atoms with Gasteiger partial charge in [0.25, 0.3) is 0 Å². The monoisotopic (exact) mass is 265 g/mol. The summed E-state index contributed by atoms with van der Waals surface area (Å²) in [5.41, 5.74) is 6.63. The Morgan fingerprint density at radius 1 is 1.32 bits per heavy atom. The van der Waals surface area contributed by atoms with E-state index in [1.54, 1.807) is 31.3 Å². The maximum atomic E-state index is 11.7. The number of carbonyl (C=O) groups is 2. The Labute approximate surface area is 112 Å². The number of nitrogens with one attached hydrogen (secondary N) is 2. The molecule has 0 heterocycles. The Morgan fingerprint density at radius 3 is 2.53 bits per heavy atom. The van der Waals surface area contributed by atoms with E-state index in [2.05, 4.69) is 10.6 Å². The molecule has 0 spiro atoms. The van der Waals surface area contributed by atoms with Gasteiger partial charge in [0.2, 0.25) is 11.8 Å². The molecule has 0 aliphatic heterocycles. The van der Waals surface area contributed by atoms with E-state index in [0.29, 0.717) is 6.42 Å². The minimum atomic E-state index is -0.672. The molecule has 1 unspecified atom stereocenters. The topological polar surface area (TPSA) is 104 Å². The number of aromatic hydroxyl groups is 1. The molecule has 0 aliphatic carbocycles. The number of hydrogen-bond donors (Lipinski definition) is 4. The second-order valence-electron chi connectivity index (χ2n) is 4.19. The second kappa shape index (κ2) is 7.38. The number of nitrogens with two attached hydrogens (primary N) is 1. The molecule has 0 bridgehead atoms. The van der Waals surface area contributed by atoms with Crippen molar-refractivity contribution in [1.29, 1.82) is 0 Å². The molecule has 1 aromatic rings. The quantitative estimate of drug-likeness (QED) is 0.557. The van der Waals surface area contributed by atoms with Crippen LogP contribution in [0, 0.1) is 0 Å². The summed E-state index contributed by atoms with van der Waals surface area (Å²) >= 11 is 0. The zero-order valence-electron chi connectivity index (χ0n) is 10.8. The highest BCUT2D eigenvalue weighted by Crippen LogP contribution is 2.10. The summed E-state index contributed by atoms with van der Waals surface area (Å²) in [6, 6.07) is 5.85. The maximum absolute atomic E-state index is 11.7. The third kappa shape index (κ3) is 5.39. The van der Waals surface area contributed by atoms with Gasteiger partial charge >= 0.3 is 0 Å².